The maximum Gasteiger partial charge on any atom is 0.123 e. The molecule has 1 atom stereocenters. The van der Waals surface area contributed by atoms with Gasteiger partial charge in [0, 0.05) is 18.4 Å². The molecule has 0 saturated heterocycles. The molecule has 1 aromatic carbocycles. The Labute approximate surface area is 118 Å². The van der Waals surface area contributed by atoms with Gasteiger partial charge in [0.05, 0.1) is 13.2 Å². The number of hydrogen-bond donors (Lipinski definition) is 1. The minimum absolute atomic E-state index is 0.244. The smallest absolute Gasteiger partial charge is 0.123 e. The molecule has 0 bridgehead atoms. The Morgan fingerprint density at radius 3 is 2.85 bits per heavy atom. The zero-order valence-electron chi connectivity index (χ0n) is 11.6. The lowest BCUT2D eigenvalue weighted by molar-refractivity contribution is 0.303. The van der Waals surface area contributed by atoms with E-state index in [2.05, 4.69) is 17.3 Å². The fourth-order valence-electron chi connectivity index (χ4n) is 1.90. The first-order chi connectivity index (χ1) is 9.74. The fraction of sp³-hybridized carbons (Fsp3) is 0.400. The lowest BCUT2D eigenvalue weighted by Gasteiger charge is -2.14. The summed E-state index contributed by atoms with van der Waals surface area (Å²) in [5.74, 6) is 0.461. The van der Waals surface area contributed by atoms with Gasteiger partial charge >= 0.3 is 0 Å². The van der Waals surface area contributed by atoms with Crippen LogP contribution in [0.5, 0.6) is 5.75 Å². The standard InChI is InChI=1S/C15H20FN3O/c1-13(12-19-10-2-9-18-19)17-8-3-11-20-15-6-4-14(16)5-7-15/h2,4-7,9-10,13,17H,3,8,11-12H2,1H3/t13-/m1/s1. The van der Waals surface area contributed by atoms with Gasteiger partial charge in [-0.1, -0.05) is 0 Å². The second-order valence-corrected chi connectivity index (χ2v) is 4.74. The van der Waals surface area contributed by atoms with E-state index in [-0.39, 0.29) is 5.82 Å². The van der Waals surface area contributed by atoms with Crippen LogP contribution in [0.1, 0.15) is 13.3 Å². The number of aromatic nitrogens is 2. The summed E-state index contributed by atoms with van der Waals surface area (Å²) < 4.78 is 20.1. The molecular weight excluding hydrogens is 257 g/mol. The largest absolute Gasteiger partial charge is 0.494 e. The molecule has 1 heterocycles. The topological polar surface area (TPSA) is 39.1 Å². The molecule has 0 aliphatic rings. The van der Waals surface area contributed by atoms with Crippen molar-refractivity contribution in [2.45, 2.75) is 25.9 Å². The van der Waals surface area contributed by atoms with Gasteiger partial charge in [-0.15, -0.1) is 0 Å². The average molecular weight is 277 g/mol. The quantitative estimate of drug-likeness (QED) is 0.753. The van der Waals surface area contributed by atoms with Crippen molar-refractivity contribution in [1.29, 1.82) is 0 Å². The SMILES string of the molecule is C[C@H](Cn1cccn1)NCCCOc1ccc(F)cc1. The third-order valence-corrected chi connectivity index (χ3v) is 2.92. The molecule has 0 radical (unpaired) electrons. The molecule has 2 rings (SSSR count). The Morgan fingerprint density at radius 2 is 2.15 bits per heavy atom. The van der Waals surface area contributed by atoms with Crippen LogP contribution in [0.3, 0.4) is 0 Å². The number of hydrogen-bond acceptors (Lipinski definition) is 3. The second kappa shape index (κ2) is 7.65. The molecule has 0 aliphatic carbocycles. The Bertz CT molecular complexity index is 484. The molecule has 1 aromatic heterocycles. The maximum atomic E-state index is 12.7. The monoisotopic (exact) mass is 277 g/mol. The van der Waals surface area contributed by atoms with Crippen molar-refractivity contribution in [2.75, 3.05) is 13.2 Å². The van der Waals surface area contributed by atoms with Gasteiger partial charge in [-0.25, -0.2) is 4.39 Å². The normalized spacial score (nSPS) is 12.3. The summed E-state index contributed by atoms with van der Waals surface area (Å²) in [7, 11) is 0. The van der Waals surface area contributed by atoms with Crippen LogP contribution in [0.4, 0.5) is 4.39 Å². The molecular formula is C15H20FN3O. The summed E-state index contributed by atoms with van der Waals surface area (Å²) in [5, 5.41) is 7.58. The molecule has 5 heteroatoms. The van der Waals surface area contributed by atoms with Crippen LogP contribution in [-0.2, 0) is 6.54 Å². The first kappa shape index (κ1) is 14.5. The summed E-state index contributed by atoms with van der Waals surface area (Å²) in [6.45, 7) is 4.48. The molecule has 0 fully saturated rings. The van der Waals surface area contributed by atoms with Crippen molar-refractivity contribution in [3.05, 3.63) is 48.5 Å². The zero-order chi connectivity index (χ0) is 14.2. The van der Waals surface area contributed by atoms with E-state index in [0.717, 1.165) is 19.5 Å². The minimum Gasteiger partial charge on any atom is -0.494 e. The Hall–Kier alpha value is -1.88. The van der Waals surface area contributed by atoms with E-state index in [9.17, 15) is 4.39 Å². The summed E-state index contributed by atoms with van der Waals surface area (Å²) in [4.78, 5) is 0. The maximum absolute atomic E-state index is 12.7. The zero-order valence-corrected chi connectivity index (χ0v) is 11.6. The van der Waals surface area contributed by atoms with E-state index in [1.165, 1.54) is 12.1 Å². The van der Waals surface area contributed by atoms with Gasteiger partial charge in [0.1, 0.15) is 11.6 Å². The summed E-state index contributed by atoms with van der Waals surface area (Å²) in [6, 6.07) is 8.37. The molecule has 20 heavy (non-hydrogen) atoms. The highest BCUT2D eigenvalue weighted by Crippen LogP contribution is 2.10. The van der Waals surface area contributed by atoms with Crippen LogP contribution in [0.2, 0.25) is 0 Å². The van der Waals surface area contributed by atoms with E-state index in [4.69, 9.17) is 4.74 Å². The van der Waals surface area contributed by atoms with Crippen molar-refractivity contribution >= 4 is 0 Å². The third-order valence-electron chi connectivity index (χ3n) is 2.92. The van der Waals surface area contributed by atoms with E-state index >= 15 is 0 Å². The molecule has 0 amide bonds. The van der Waals surface area contributed by atoms with Gasteiger partial charge in [0.2, 0.25) is 0 Å². The first-order valence-corrected chi connectivity index (χ1v) is 6.83. The van der Waals surface area contributed by atoms with Crippen molar-refractivity contribution in [3.8, 4) is 5.75 Å². The average Bonchev–Trinajstić information content (AvgIpc) is 2.93. The molecule has 4 nitrogen and oxygen atoms in total. The number of ether oxygens (including phenoxy) is 1. The van der Waals surface area contributed by atoms with Gasteiger partial charge in [-0.05, 0) is 50.2 Å². The highest BCUT2D eigenvalue weighted by molar-refractivity contribution is 5.21. The molecule has 0 saturated carbocycles. The minimum atomic E-state index is -0.244. The molecule has 1 N–H and O–H groups in total. The van der Waals surface area contributed by atoms with Crippen LogP contribution in [0.25, 0.3) is 0 Å². The number of nitrogens with zero attached hydrogens (tertiary/aromatic N) is 2. The number of nitrogens with one attached hydrogen (secondary N) is 1. The van der Waals surface area contributed by atoms with Crippen LogP contribution in [0, 0.1) is 5.82 Å². The van der Waals surface area contributed by atoms with Crippen LogP contribution < -0.4 is 10.1 Å². The predicted octanol–water partition coefficient (Wildman–Crippen LogP) is 2.47. The van der Waals surface area contributed by atoms with Gasteiger partial charge in [-0.3, -0.25) is 4.68 Å². The van der Waals surface area contributed by atoms with Crippen molar-refractivity contribution in [1.82, 2.24) is 15.1 Å². The van der Waals surface area contributed by atoms with Gasteiger partial charge in [0.15, 0.2) is 0 Å². The van der Waals surface area contributed by atoms with E-state index < -0.39 is 0 Å². The molecule has 108 valence electrons. The summed E-state index contributed by atoms with van der Waals surface area (Å²) in [5.41, 5.74) is 0. The lowest BCUT2D eigenvalue weighted by Crippen LogP contribution is -2.32. The Kier molecular flexibility index (Phi) is 5.55. The van der Waals surface area contributed by atoms with Crippen LogP contribution in [-0.4, -0.2) is 29.0 Å². The number of benzene rings is 1. The number of halogens is 1. The highest BCUT2D eigenvalue weighted by atomic mass is 19.1. The highest BCUT2D eigenvalue weighted by Gasteiger charge is 2.02. The van der Waals surface area contributed by atoms with Crippen LogP contribution >= 0.6 is 0 Å². The lowest BCUT2D eigenvalue weighted by atomic mass is 10.3. The molecule has 0 unspecified atom stereocenters. The Balaban J connectivity index is 1.56. The van der Waals surface area contributed by atoms with E-state index in [1.807, 2.05) is 16.9 Å². The third kappa shape index (κ3) is 5.01. The summed E-state index contributed by atoms with van der Waals surface area (Å²) in [6.07, 6.45) is 4.64. The van der Waals surface area contributed by atoms with Gasteiger partial charge in [-0.2, -0.15) is 5.10 Å². The van der Waals surface area contributed by atoms with E-state index in [1.54, 1.807) is 18.3 Å². The predicted molar refractivity (Wildman–Crippen MR) is 76.2 cm³/mol. The Morgan fingerprint density at radius 1 is 1.35 bits per heavy atom. The first-order valence-electron chi connectivity index (χ1n) is 6.83. The molecule has 0 spiro atoms. The fourth-order valence-corrected chi connectivity index (χ4v) is 1.90. The summed E-state index contributed by atoms with van der Waals surface area (Å²) >= 11 is 0. The number of rotatable bonds is 8. The van der Waals surface area contributed by atoms with Gasteiger partial charge < -0.3 is 10.1 Å². The second-order valence-electron chi connectivity index (χ2n) is 4.74. The van der Waals surface area contributed by atoms with Crippen molar-refractivity contribution in [2.24, 2.45) is 0 Å². The molecule has 2 aromatic rings. The van der Waals surface area contributed by atoms with Crippen molar-refractivity contribution in [3.63, 3.8) is 0 Å². The van der Waals surface area contributed by atoms with Crippen molar-refractivity contribution < 1.29 is 9.13 Å². The van der Waals surface area contributed by atoms with E-state index in [0.29, 0.717) is 18.4 Å². The molecule has 0 aliphatic heterocycles. The van der Waals surface area contributed by atoms with Crippen LogP contribution in [0.15, 0.2) is 42.7 Å². The van der Waals surface area contributed by atoms with Gasteiger partial charge in [0.25, 0.3) is 0 Å².